The van der Waals surface area contributed by atoms with Gasteiger partial charge < -0.3 is 0 Å². The third-order valence-corrected chi connectivity index (χ3v) is 9.94. The van der Waals surface area contributed by atoms with E-state index in [-0.39, 0.29) is 0 Å². The van der Waals surface area contributed by atoms with E-state index in [1.807, 2.05) is 0 Å². The molecule has 2 rings (SSSR count). The normalized spacial score (nSPS) is 12.2. The summed E-state index contributed by atoms with van der Waals surface area (Å²) in [5.74, 6) is 2.13. The van der Waals surface area contributed by atoms with Crippen LogP contribution in [-0.4, -0.2) is 4.98 Å². The number of H-pyrrole nitrogens is 1. The number of unbranched alkanes of at least 4 members (excludes halogenated alkanes) is 25. The molecule has 0 fully saturated rings. The minimum Gasteiger partial charge on any atom is -0.247 e. The van der Waals surface area contributed by atoms with Crippen LogP contribution in [0, 0.1) is 0 Å². The molecule has 0 saturated carbocycles. The van der Waals surface area contributed by atoms with Crippen LogP contribution in [0.1, 0.15) is 217 Å². The van der Waals surface area contributed by atoms with Gasteiger partial charge in [-0.25, -0.2) is 9.55 Å². The van der Waals surface area contributed by atoms with E-state index in [9.17, 15) is 0 Å². The van der Waals surface area contributed by atoms with Crippen molar-refractivity contribution in [2.75, 3.05) is 0 Å². The van der Waals surface area contributed by atoms with Crippen molar-refractivity contribution in [3.8, 4) is 0 Å². The number of imidazole rings is 1. The number of aromatic nitrogens is 2. The third kappa shape index (κ3) is 20.5. The number of nitrogens with one attached hydrogen (secondary N) is 1. The summed E-state index contributed by atoms with van der Waals surface area (Å²) >= 11 is 0. The Balaban J connectivity index is 1.62. The molecular weight excluding hydrogens is 532 g/mol. The van der Waals surface area contributed by atoms with Crippen LogP contribution in [0.2, 0.25) is 0 Å². The average Bonchev–Trinajstić information content (AvgIpc) is 3.50. The lowest BCUT2D eigenvalue weighted by molar-refractivity contribution is -0.695. The second-order valence-electron chi connectivity index (χ2n) is 14.1. The lowest BCUT2D eigenvalue weighted by atomic mass is 9.93. The van der Waals surface area contributed by atoms with Crippen molar-refractivity contribution in [2.24, 2.45) is 0 Å². The summed E-state index contributed by atoms with van der Waals surface area (Å²) in [4.78, 5) is 3.68. The van der Waals surface area contributed by atoms with E-state index in [4.69, 9.17) is 0 Å². The summed E-state index contributed by atoms with van der Waals surface area (Å²) in [5, 5.41) is 0. The summed E-state index contributed by atoms with van der Waals surface area (Å²) in [6.45, 7) is 5.60. The Bertz CT molecular complexity index is 840. The number of rotatable bonds is 32. The highest BCUT2D eigenvalue weighted by Gasteiger charge is 2.22. The molecule has 0 aliphatic heterocycles. The fourth-order valence-corrected chi connectivity index (χ4v) is 7.06. The zero-order valence-corrected chi connectivity index (χ0v) is 29.8. The number of benzene rings is 1. The van der Waals surface area contributed by atoms with Crippen LogP contribution in [0.4, 0.5) is 0 Å². The van der Waals surface area contributed by atoms with Crippen molar-refractivity contribution in [1.29, 1.82) is 0 Å². The molecule has 0 bridgehead atoms. The second-order valence-corrected chi connectivity index (χ2v) is 14.1. The Hall–Kier alpha value is -1.57. The first-order valence-electron chi connectivity index (χ1n) is 20.0. The maximum Gasteiger partial charge on any atom is 0.257 e. The molecule has 1 aromatic heterocycles. The van der Waals surface area contributed by atoms with Crippen molar-refractivity contribution < 1.29 is 4.57 Å². The van der Waals surface area contributed by atoms with Crippen LogP contribution in [0.25, 0.3) is 0 Å². The first-order chi connectivity index (χ1) is 21.8. The van der Waals surface area contributed by atoms with Gasteiger partial charge in [0.1, 0.15) is 18.9 Å². The highest BCUT2D eigenvalue weighted by molar-refractivity contribution is 5.13. The van der Waals surface area contributed by atoms with Crippen molar-refractivity contribution >= 4 is 0 Å². The molecule has 0 aliphatic carbocycles. The Morgan fingerprint density at radius 1 is 0.477 bits per heavy atom. The van der Waals surface area contributed by atoms with Crippen molar-refractivity contribution in [3.05, 3.63) is 54.1 Å². The minimum atomic E-state index is 0.666. The zero-order valence-electron chi connectivity index (χ0n) is 29.8. The second kappa shape index (κ2) is 28.9. The standard InChI is InChI=1S/C42H74N2/c1-3-5-7-9-11-13-15-17-18-19-21-23-25-27-32-36-41(35-31-26-24-22-20-16-14-12-10-8-6-4-2)42-43-37-38-44(42)39-40-33-29-28-30-34-40/h28-30,33-34,37-38,41H,3-27,31-32,35-36,39H2,1-2H3/p+1/t41-/m0/s1. The molecular formula is C42H75N2+. The van der Waals surface area contributed by atoms with Crippen molar-refractivity contribution in [3.63, 3.8) is 0 Å². The molecule has 2 nitrogen and oxygen atoms in total. The Morgan fingerprint density at radius 3 is 1.23 bits per heavy atom. The summed E-state index contributed by atoms with van der Waals surface area (Å²) in [7, 11) is 0. The quantitative estimate of drug-likeness (QED) is 0.0630. The molecule has 0 aliphatic rings. The third-order valence-electron chi connectivity index (χ3n) is 9.94. The molecule has 0 spiro atoms. The van der Waals surface area contributed by atoms with Gasteiger partial charge in [0.2, 0.25) is 0 Å². The fourth-order valence-electron chi connectivity index (χ4n) is 7.06. The van der Waals surface area contributed by atoms with Gasteiger partial charge >= 0.3 is 0 Å². The van der Waals surface area contributed by atoms with Crippen LogP contribution in [0.5, 0.6) is 0 Å². The predicted octanol–water partition coefficient (Wildman–Crippen LogP) is 13.8. The van der Waals surface area contributed by atoms with Crippen LogP contribution in [0.15, 0.2) is 42.7 Å². The number of hydrogen-bond acceptors (Lipinski definition) is 0. The Kier molecular flexibility index (Phi) is 25.3. The van der Waals surface area contributed by atoms with E-state index in [0.717, 1.165) is 6.54 Å². The van der Waals surface area contributed by atoms with Crippen LogP contribution >= 0.6 is 0 Å². The molecule has 0 radical (unpaired) electrons. The van der Waals surface area contributed by atoms with Crippen LogP contribution in [0.3, 0.4) is 0 Å². The largest absolute Gasteiger partial charge is 0.257 e. The zero-order chi connectivity index (χ0) is 31.2. The molecule has 1 N–H and O–H groups in total. The predicted molar refractivity (Wildman–Crippen MR) is 195 cm³/mol. The molecule has 0 saturated heterocycles. The first-order valence-corrected chi connectivity index (χ1v) is 20.0. The SMILES string of the molecule is CCCCCCCCCCCCCCCCC[C@H](CCCCCCCCCCCCCC)c1[nH]cc[n+]1Cc1ccccc1. The minimum absolute atomic E-state index is 0.666. The van der Waals surface area contributed by atoms with Gasteiger partial charge in [0.25, 0.3) is 5.82 Å². The van der Waals surface area contributed by atoms with E-state index >= 15 is 0 Å². The van der Waals surface area contributed by atoms with E-state index in [2.05, 4.69) is 66.1 Å². The lowest BCUT2D eigenvalue weighted by Crippen LogP contribution is -2.38. The number of nitrogens with zero attached hydrogens (tertiary/aromatic N) is 1. The maximum atomic E-state index is 3.68. The maximum absolute atomic E-state index is 3.68. The van der Waals surface area contributed by atoms with Gasteiger partial charge in [0.15, 0.2) is 0 Å². The average molecular weight is 608 g/mol. The highest BCUT2D eigenvalue weighted by Crippen LogP contribution is 2.26. The van der Waals surface area contributed by atoms with E-state index in [1.54, 1.807) is 0 Å². The number of aromatic amines is 1. The Morgan fingerprint density at radius 2 is 0.841 bits per heavy atom. The lowest BCUT2D eigenvalue weighted by Gasteiger charge is -2.14. The molecule has 252 valence electrons. The van der Waals surface area contributed by atoms with Crippen molar-refractivity contribution in [1.82, 2.24) is 4.98 Å². The summed E-state index contributed by atoms with van der Waals surface area (Å²) in [6.07, 6.45) is 45.9. The number of hydrogen-bond donors (Lipinski definition) is 1. The molecule has 1 atom stereocenters. The Labute approximate surface area is 275 Å². The molecule has 1 heterocycles. The molecule has 1 aromatic carbocycles. The highest BCUT2D eigenvalue weighted by atomic mass is 15.1. The molecule has 0 amide bonds. The van der Waals surface area contributed by atoms with Gasteiger partial charge in [-0.3, -0.25) is 0 Å². The topological polar surface area (TPSA) is 19.7 Å². The molecule has 2 aromatic rings. The van der Waals surface area contributed by atoms with Gasteiger partial charge in [0.05, 0.1) is 5.92 Å². The van der Waals surface area contributed by atoms with Crippen LogP contribution in [-0.2, 0) is 6.54 Å². The fraction of sp³-hybridized carbons (Fsp3) is 0.786. The van der Waals surface area contributed by atoms with E-state index < -0.39 is 0 Å². The van der Waals surface area contributed by atoms with Gasteiger partial charge in [-0.15, -0.1) is 0 Å². The summed E-state index contributed by atoms with van der Waals surface area (Å²) < 4.78 is 2.49. The van der Waals surface area contributed by atoms with E-state index in [0.29, 0.717) is 5.92 Å². The first kappa shape index (κ1) is 38.6. The molecule has 0 unspecified atom stereocenters. The smallest absolute Gasteiger partial charge is 0.247 e. The van der Waals surface area contributed by atoms with Crippen LogP contribution < -0.4 is 4.57 Å². The summed E-state index contributed by atoms with van der Waals surface area (Å²) in [5.41, 5.74) is 1.40. The van der Waals surface area contributed by atoms with Gasteiger partial charge in [0, 0.05) is 0 Å². The van der Waals surface area contributed by atoms with Gasteiger partial charge in [-0.1, -0.05) is 218 Å². The van der Waals surface area contributed by atoms with Crippen molar-refractivity contribution in [2.45, 2.75) is 213 Å². The molecule has 44 heavy (non-hydrogen) atoms. The van der Waals surface area contributed by atoms with Gasteiger partial charge in [-0.05, 0) is 18.4 Å². The summed E-state index contributed by atoms with van der Waals surface area (Å²) in [6, 6.07) is 11.0. The monoisotopic (exact) mass is 608 g/mol. The van der Waals surface area contributed by atoms with E-state index in [1.165, 1.54) is 198 Å². The molecule has 2 heteroatoms. The van der Waals surface area contributed by atoms with Gasteiger partial charge in [-0.2, -0.15) is 0 Å².